The number of carbonyl (C=O) groups excluding carboxylic acids is 2. The Labute approximate surface area is 195 Å². The highest BCUT2D eigenvalue weighted by Gasteiger charge is 2.60. The summed E-state index contributed by atoms with van der Waals surface area (Å²) in [5.74, 6) is -3.11. The molecule has 1 spiro atoms. The summed E-state index contributed by atoms with van der Waals surface area (Å²) in [6.45, 7) is 0. The molecule has 0 aromatic heterocycles. The number of nitriles is 1. The van der Waals surface area contributed by atoms with Gasteiger partial charge in [-0.05, 0) is 67.8 Å². The topological polar surface area (TPSA) is 76.4 Å². The van der Waals surface area contributed by atoms with Crippen LogP contribution < -0.4 is 15.1 Å². The highest BCUT2D eigenvalue weighted by Crippen LogP contribution is 2.49. The van der Waals surface area contributed by atoms with E-state index in [9.17, 15) is 22.8 Å². The van der Waals surface area contributed by atoms with Crippen molar-refractivity contribution in [3.63, 3.8) is 0 Å². The Morgan fingerprint density at radius 2 is 2.03 bits per heavy atom. The number of nitrogens with zero attached hydrogens (tertiary/aromatic N) is 3. The number of benzene rings is 2. The van der Waals surface area contributed by atoms with E-state index in [1.54, 1.807) is 6.07 Å². The Morgan fingerprint density at radius 3 is 2.58 bits per heavy atom. The lowest BCUT2D eigenvalue weighted by atomic mass is 9.75. The molecule has 1 N–H and O–H groups in total. The van der Waals surface area contributed by atoms with Crippen LogP contribution in [0.2, 0.25) is 0 Å². The molecule has 1 saturated heterocycles. The van der Waals surface area contributed by atoms with Crippen molar-refractivity contribution >= 4 is 40.5 Å². The second-order valence-electron chi connectivity index (χ2n) is 7.47. The zero-order valence-electron chi connectivity index (χ0n) is 19.9. The number of nitrogens with one attached hydrogen (secondary N) is 1. The monoisotopic (exact) mass is 479 g/mol. The maximum Gasteiger partial charge on any atom is 0.418 e. The molecule has 6 nitrogen and oxygen atoms in total. The number of anilines is 2. The van der Waals surface area contributed by atoms with Crippen molar-refractivity contribution in [2.75, 3.05) is 16.8 Å². The van der Waals surface area contributed by atoms with Gasteiger partial charge in [0.1, 0.15) is 11.4 Å². The third kappa shape index (κ3) is 3.41. The van der Waals surface area contributed by atoms with Gasteiger partial charge in [0.15, 0.2) is 5.11 Å². The van der Waals surface area contributed by atoms with Gasteiger partial charge in [-0.3, -0.25) is 14.5 Å². The third-order valence-corrected chi connectivity index (χ3v) is 6.05. The summed E-state index contributed by atoms with van der Waals surface area (Å²) in [5, 5.41) is 10.7. The summed E-state index contributed by atoms with van der Waals surface area (Å²) in [5.41, 5.74) is -5.44. The first-order valence-corrected chi connectivity index (χ1v) is 10.0. The summed E-state index contributed by atoms with van der Waals surface area (Å²) >= 11 is 5.37. The highest BCUT2D eigenvalue weighted by atomic mass is 32.1. The number of halogens is 4. The number of thiocarbonyl (C=S) groups is 1. The minimum Gasteiger partial charge on any atom is -0.355 e. The molecule has 2 amide bonds. The standard InChI is InChI=1S/C22H16F4N4O2S/c1-28-18(31)14-5-4-13(10-16(14)23)30-20(33)29(19(32)21(30)7-2-8-21)17-6-3-12(11-27)9-15(17)22(24,25)26/h3-6,9-10H,2,7-8H2,1H3,(H,28,31)/i4D,6D,10D. The Morgan fingerprint density at radius 1 is 1.33 bits per heavy atom. The lowest BCUT2D eigenvalue weighted by molar-refractivity contribution is -0.137. The zero-order valence-corrected chi connectivity index (χ0v) is 17.7. The van der Waals surface area contributed by atoms with E-state index in [0.717, 1.165) is 17.0 Å². The molecule has 170 valence electrons. The number of alkyl halides is 3. The molecule has 2 aromatic rings. The first-order valence-electron chi connectivity index (χ1n) is 11.1. The molecule has 2 aromatic carbocycles. The van der Waals surface area contributed by atoms with Crippen molar-refractivity contribution in [3.8, 4) is 6.07 Å². The second-order valence-corrected chi connectivity index (χ2v) is 7.84. The van der Waals surface area contributed by atoms with E-state index < -0.39 is 80.7 Å². The average Bonchev–Trinajstić information content (AvgIpc) is 3.01. The van der Waals surface area contributed by atoms with E-state index in [1.807, 2.05) is 0 Å². The smallest absolute Gasteiger partial charge is 0.355 e. The van der Waals surface area contributed by atoms with Crippen LogP contribution in [0, 0.1) is 17.1 Å². The number of carbonyl (C=O) groups is 2. The number of hydrogen-bond donors (Lipinski definition) is 1. The molecule has 0 radical (unpaired) electrons. The van der Waals surface area contributed by atoms with Crippen LogP contribution in [-0.4, -0.2) is 29.5 Å². The van der Waals surface area contributed by atoms with Crippen LogP contribution in [-0.2, 0) is 11.0 Å². The number of amides is 2. The van der Waals surface area contributed by atoms with Crippen LogP contribution in [0.15, 0.2) is 36.3 Å². The van der Waals surface area contributed by atoms with Crippen molar-refractivity contribution in [2.45, 2.75) is 31.0 Å². The molecule has 4 rings (SSSR count). The normalized spacial score (nSPS) is 18.5. The van der Waals surface area contributed by atoms with Crippen LogP contribution >= 0.6 is 12.2 Å². The molecule has 0 bridgehead atoms. The van der Waals surface area contributed by atoms with Gasteiger partial charge in [0.05, 0.1) is 32.6 Å². The Hall–Kier alpha value is -3.52. The van der Waals surface area contributed by atoms with Crippen molar-refractivity contribution < 1.29 is 31.3 Å². The molecule has 2 aliphatic rings. The van der Waals surface area contributed by atoms with Crippen molar-refractivity contribution in [3.05, 3.63) is 58.8 Å². The minimum atomic E-state index is -5.06. The molecular weight excluding hydrogens is 460 g/mol. The molecule has 0 atom stereocenters. The van der Waals surface area contributed by atoms with Crippen LogP contribution in [0.5, 0.6) is 0 Å². The van der Waals surface area contributed by atoms with E-state index in [2.05, 4.69) is 5.32 Å². The second kappa shape index (κ2) is 7.81. The summed E-state index contributed by atoms with van der Waals surface area (Å²) in [6.07, 6.45) is -4.42. The highest BCUT2D eigenvalue weighted by molar-refractivity contribution is 7.81. The molecule has 0 unspecified atom stereocenters. The molecule has 2 fully saturated rings. The summed E-state index contributed by atoms with van der Waals surface area (Å²) in [6, 6.07) is 1.51. The van der Waals surface area contributed by atoms with Crippen molar-refractivity contribution in [2.24, 2.45) is 0 Å². The van der Waals surface area contributed by atoms with E-state index in [-0.39, 0.29) is 12.8 Å². The largest absolute Gasteiger partial charge is 0.418 e. The average molecular weight is 479 g/mol. The Bertz CT molecular complexity index is 1390. The fourth-order valence-electron chi connectivity index (χ4n) is 3.92. The summed E-state index contributed by atoms with van der Waals surface area (Å²) in [7, 11) is 1.23. The van der Waals surface area contributed by atoms with Gasteiger partial charge in [-0.2, -0.15) is 18.4 Å². The van der Waals surface area contributed by atoms with Gasteiger partial charge in [-0.15, -0.1) is 0 Å². The van der Waals surface area contributed by atoms with E-state index >= 15 is 4.39 Å². The molecule has 1 saturated carbocycles. The molecule has 1 aliphatic heterocycles. The van der Waals surface area contributed by atoms with Gasteiger partial charge in [-0.25, -0.2) is 4.39 Å². The van der Waals surface area contributed by atoms with Gasteiger partial charge in [0.2, 0.25) is 0 Å². The lowest BCUT2D eigenvalue weighted by Crippen LogP contribution is -2.55. The first-order chi connectivity index (χ1) is 16.8. The van der Waals surface area contributed by atoms with Crippen LogP contribution in [0.1, 0.15) is 44.9 Å². The van der Waals surface area contributed by atoms with Gasteiger partial charge < -0.3 is 10.2 Å². The minimum absolute atomic E-state index is 0.0884. The summed E-state index contributed by atoms with van der Waals surface area (Å²) in [4.78, 5) is 27.1. The van der Waals surface area contributed by atoms with Crippen LogP contribution in [0.3, 0.4) is 0 Å². The van der Waals surface area contributed by atoms with Gasteiger partial charge >= 0.3 is 6.18 Å². The molecule has 33 heavy (non-hydrogen) atoms. The van der Waals surface area contributed by atoms with Gasteiger partial charge in [0.25, 0.3) is 11.8 Å². The third-order valence-electron chi connectivity index (χ3n) is 5.68. The molecule has 1 heterocycles. The fraction of sp³-hybridized carbons (Fsp3) is 0.273. The fourth-order valence-corrected chi connectivity index (χ4v) is 4.36. The predicted molar refractivity (Wildman–Crippen MR) is 115 cm³/mol. The Balaban J connectivity index is 1.96. The predicted octanol–water partition coefficient (Wildman–Crippen LogP) is 4.14. The van der Waals surface area contributed by atoms with Gasteiger partial charge in [0, 0.05) is 12.7 Å². The molecule has 1 aliphatic carbocycles. The zero-order chi connectivity index (χ0) is 26.7. The lowest BCUT2D eigenvalue weighted by Gasteiger charge is -2.43. The van der Waals surface area contributed by atoms with E-state index in [1.165, 1.54) is 7.05 Å². The maximum absolute atomic E-state index is 15.0. The van der Waals surface area contributed by atoms with E-state index in [0.29, 0.717) is 17.4 Å². The van der Waals surface area contributed by atoms with E-state index in [4.69, 9.17) is 21.6 Å². The number of rotatable bonds is 3. The van der Waals surface area contributed by atoms with Crippen molar-refractivity contribution in [1.82, 2.24) is 5.32 Å². The maximum atomic E-state index is 15.0. The first kappa shape index (κ1) is 19.0. The molecule has 11 heteroatoms. The van der Waals surface area contributed by atoms with Crippen LogP contribution in [0.25, 0.3) is 0 Å². The number of hydrogen-bond acceptors (Lipinski definition) is 4. The van der Waals surface area contributed by atoms with Gasteiger partial charge in [-0.1, -0.05) is 0 Å². The van der Waals surface area contributed by atoms with Crippen molar-refractivity contribution in [1.29, 1.82) is 5.26 Å². The quantitative estimate of drug-likeness (QED) is 0.529. The Kier molecular flexibility index (Phi) is 4.49. The van der Waals surface area contributed by atoms with Crippen LogP contribution in [0.4, 0.5) is 28.9 Å². The summed E-state index contributed by atoms with van der Waals surface area (Å²) < 4.78 is 81.7. The molecular formula is C22H16F4N4O2S. The SMILES string of the molecule is [2H]c1cc(C#N)cc(C(F)(F)F)c1N1C(=O)C2(CCC2)N(c2c([2H])cc(C(=O)NC)c(F)c2[2H])C1=S.